The van der Waals surface area contributed by atoms with Gasteiger partial charge in [-0.1, -0.05) is 13.8 Å². The molecule has 0 saturated carbocycles. The van der Waals surface area contributed by atoms with Crippen molar-refractivity contribution < 1.29 is 12.8 Å². The van der Waals surface area contributed by atoms with E-state index in [1.165, 1.54) is 6.07 Å². The summed E-state index contributed by atoms with van der Waals surface area (Å²) in [7, 11) is -3.70. The van der Waals surface area contributed by atoms with Crippen LogP contribution in [0.15, 0.2) is 17.0 Å². The zero-order chi connectivity index (χ0) is 16.3. The Morgan fingerprint density at radius 1 is 1.33 bits per heavy atom. The van der Waals surface area contributed by atoms with Crippen LogP contribution in [-0.4, -0.2) is 26.0 Å². The number of thioether (sulfide) groups is 1. The second-order valence-corrected chi connectivity index (χ2v) is 8.07. The van der Waals surface area contributed by atoms with E-state index in [2.05, 4.69) is 4.72 Å². The van der Waals surface area contributed by atoms with E-state index in [4.69, 9.17) is 5.73 Å². The van der Waals surface area contributed by atoms with Crippen molar-refractivity contribution in [1.29, 1.82) is 0 Å². The summed E-state index contributed by atoms with van der Waals surface area (Å²) in [6.07, 6.45) is 3.69. The fourth-order valence-corrected chi connectivity index (χ4v) is 4.40. The summed E-state index contributed by atoms with van der Waals surface area (Å²) in [6.45, 7) is 5.96. The molecule has 4 nitrogen and oxygen atoms in total. The summed E-state index contributed by atoms with van der Waals surface area (Å²) in [4.78, 5) is 0.0311. The monoisotopic (exact) mass is 334 g/mol. The van der Waals surface area contributed by atoms with Gasteiger partial charge in [0.1, 0.15) is 5.82 Å². The van der Waals surface area contributed by atoms with Crippen molar-refractivity contribution in [2.45, 2.75) is 43.3 Å². The minimum Gasteiger partial charge on any atom is -0.396 e. The van der Waals surface area contributed by atoms with E-state index in [1.807, 2.05) is 20.1 Å². The van der Waals surface area contributed by atoms with Crippen LogP contribution in [0.3, 0.4) is 0 Å². The van der Waals surface area contributed by atoms with Crippen molar-refractivity contribution in [1.82, 2.24) is 4.72 Å². The standard InChI is InChI=1S/C14H23FN2O2S2/c1-5-14(6-2,20-4)9-17-21(18,19)13-8-12(16)11(15)7-10(13)3/h7-8,17H,5-6,9,16H2,1-4H3. The van der Waals surface area contributed by atoms with Crippen LogP contribution >= 0.6 is 11.8 Å². The number of rotatable bonds is 7. The Morgan fingerprint density at radius 3 is 2.38 bits per heavy atom. The molecule has 0 radical (unpaired) electrons. The van der Waals surface area contributed by atoms with Gasteiger partial charge in [0.05, 0.1) is 10.6 Å². The van der Waals surface area contributed by atoms with Gasteiger partial charge >= 0.3 is 0 Å². The van der Waals surface area contributed by atoms with Gasteiger partial charge in [0, 0.05) is 11.3 Å². The van der Waals surface area contributed by atoms with Crippen molar-refractivity contribution in [3.05, 3.63) is 23.5 Å². The first-order chi connectivity index (χ1) is 9.71. The summed E-state index contributed by atoms with van der Waals surface area (Å²) in [5.74, 6) is -0.605. The van der Waals surface area contributed by atoms with Gasteiger partial charge in [-0.05, 0) is 43.7 Å². The SMILES string of the molecule is CCC(CC)(CNS(=O)(=O)c1cc(N)c(F)cc1C)SC. The van der Waals surface area contributed by atoms with Crippen molar-refractivity contribution in [2.24, 2.45) is 0 Å². The highest BCUT2D eigenvalue weighted by Crippen LogP contribution is 2.30. The molecule has 1 aromatic rings. The van der Waals surface area contributed by atoms with Gasteiger partial charge in [0.25, 0.3) is 0 Å². The number of aryl methyl sites for hydroxylation is 1. The molecule has 0 bridgehead atoms. The number of halogens is 1. The number of anilines is 1. The Labute approximate surface area is 130 Å². The highest BCUT2D eigenvalue weighted by Gasteiger charge is 2.28. The van der Waals surface area contributed by atoms with E-state index in [0.29, 0.717) is 12.1 Å². The molecular weight excluding hydrogens is 311 g/mol. The van der Waals surface area contributed by atoms with E-state index >= 15 is 0 Å². The molecule has 0 fully saturated rings. The molecule has 0 unspecified atom stereocenters. The van der Waals surface area contributed by atoms with Gasteiger partial charge in [0.15, 0.2) is 0 Å². The Morgan fingerprint density at radius 2 is 1.90 bits per heavy atom. The number of hydrogen-bond acceptors (Lipinski definition) is 4. The van der Waals surface area contributed by atoms with Crippen molar-refractivity contribution in [3.63, 3.8) is 0 Å². The average molecular weight is 334 g/mol. The van der Waals surface area contributed by atoms with Crippen LogP contribution in [0.4, 0.5) is 10.1 Å². The van der Waals surface area contributed by atoms with Crippen LogP contribution in [0.25, 0.3) is 0 Å². The second kappa shape index (κ2) is 6.98. The van der Waals surface area contributed by atoms with Gasteiger partial charge < -0.3 is 5.73 Å². The largest absolute Gasteiger partial charge is 0.396 e. The third-order valence-electron chi connectivity index (χ3n) is 3.89. The van der Waals surface area contributed by atoms with Crippen molar-refractivity contribution in [3.8, 4) is 0 Å². The van der Waals surface area contributed by atoms with Gasteiger partial charge in [-0.2, -0.15) is 11.8 Å². The third-order valence-corrected chi connectivity index (χ3v) is 7.02. The first kappa shape index (κ1) is 18.3. The lowest BCUT2D eigenvalue weighted by molar-refractivity contribution is 0.521. The Balaban J connectivity index is 3.05. The summed E-state index contributed by atoms with van der Waals surface area (Å²) in [6, 6.07) is 2.32. The molecule has 0 aliphatic carbocycles. The maximum absolute atomic E-state index is 13.3. The number of benzene rings is 1. The lowest BCUT2D eigenvalue weighted by Crippen LogP contribution is -2.39. The van der Waals surface area contributed by atoms with Crippen LogP contribution in [0, 0.1) is 12.7 Å². The Bertz CT molecular complexity index is 591. The predicted molar refractivity (Wildman–Crippen MR) is 87.6 cm³/mol. The van der Waals surface area contributed by atoms with Gasteiger partial charge in [0.2, 0.25) is 10.0 Å². The molecule has 0 aliphatic rings. The Kier molecular flexibility index (Phi) is 6.07. The maximum Gasteiger partial charge on any atom is 0.240 e. The fourth-order valence-electron chi connectivity index (χ4n) is 2.12. The van der Waals surface area contributed by atoms with Crippen molar-refractivity contribution >= 4 is 27.5 Å². The van der Waals surface area contributed by atoms with Crippen LogP contribution in [-0.2, 0) is 10.0 Å². The van der Waals surface area contributed by atoms with Gasteiger partial charge in [-0.15, -0.1) is 0 Å². The van der Waals surface area contributed by atoms with E-state index in [0.717, 1.165) is 18.9 Å². The summed E-state index contributed by atoms with van der Waals surface area (Å²) in [5, 5.41) is 0. The molecular formula is C14H23FN2O2S2. The van der Waals surface area contributed by atoms with E-state index < -0.39 is 15.8 Å². The average Bonchev–Trinajstić information content (AvgIpc) is 2.45. The maximum atomic E-state index is 13.3. The highest BCUT2D eigenvalue weighted by molar-refractivity contribution is 8.00. The predicted octanol–water partition coefficient (Wildman–Crippen LogP) is 2.92. The Hall–Kier alpha value is -0.790. The molecule has 3 N–H and O–H groups in total. The molecule has 0 atom stereocenters. The minimum atomic E-state index is -3.70. The first-order valence-corrected chi connectivity index (χ1v) is 9.52. The molecule has 0 spiro atoms. The number of nitrogens with two attached hydrogens (primary N) is 1. The second-order valence-electron chi connectivity index (χ2n) is 5.06. The third kappa shape index (κ3) is 4.11. The minimum absolute atomic E-state index is 0.0311. The highest BCUT2D eigenvalue weighted by atomic mass is 32.2. The van der Waals surface area contributed by atoms with Gasteiger partial charge in [-0.25, -0.2) is 17.5 Å². The topological polar surface area (TPSA) is 72.2 Å². The molecule has 0 aromatic heterocycles. The molecule has 21 heavy (non-hydrogen) atoms. The number of nitrogen functional groups attached to an aromatic ring is 1. The van der Waals surface area contributed by atoms with E-state index in [1.54, 1.807) is 18.7 Å². The zero-order valence-electron chi connectivity index (χ0n) is 12.9. The molecule has 7 heteroatoms. The number of sulfonamides is 1. The molecule has 0 aliphatic heterocycles. The number of hydrogen-bond donors (Lipinski definition) is 2. The summed E-state index contributed by atoms with van der Waals surface area (Å²) >= 11 is 1.65. The van der Waals surface area contributed by atoms with Gasteiger partial charge in [-0.3, -0.25) is 0 Å². The molecule has 1 aromatic carbocycles. The van der Waals surface area contributed by atoms with Crippen LogP contribution in [0.1, 0.15) is 32.3 Å². The lowest BCUT2D eigenvalue weighted by atomic mass is 10.0. The smallest absolute Gasteiger partial charge is 0.240 e. The van der Waals surface area contributed by atoms with E-state index in [9.17, 15) is 12.8 Å². The summed E-state index contributed by atoms with van der Waals surface area (Å²) < 4.78 is 40.7. The lowest BCUT2D eigenvalue weighted by Gasteiger charge is -2.29. The molecule has 120 valence electrons. The molecule has 1 rings (SSSR count). The molecule has 0 saturated heterocycles. The first-order valence-electron chi connectivity index (χ1n) is 6.81. The molecule has 0 amide bonds. The fraction of sp³-hybridized carbons (Fsp3) is 0.571. The van der Waals surface area contributed by atoms with Crippen LogP contribution in [0.5, 0.6) is 0 Å². The number of nitrogens with one attached hydrogen (secondary N) is 1. The van der Waals surface area contributed by atoms with Crippen LogP contribution < -0.4 is 10.5 Å². The molecule has 0 heterocycles. The van der Waals surface area contributed by atoms with Crippen molar-refractivity contribution in [2.75, 3.05) is 18.5 Å². The quantitative estimate of drug-likeness (QED) is 0.752. The van der Waals surface area contributed by atoms with E-state index in [-0.39, 0.29) is 15.3 Å². The zero-order valence-corrected chi connectivity index (χ0v) is 14.5. The summed E-state index contributed by atoms with van der Waals surface area (Å²) in [5.41, 5.74) is 5.66. The normalized spacial score (nSPS) is 12.6. The van der Waals surface area contributed by atoms with Crippen LogP contribution in [0.2, 0.25) is 0 Å².